The summed E-state index contributed by atoms with van der Waals surface area (Å²) in [6, 6.07) is 17.0. The predicted molar refractivity (Wildman–Crippen MR) is 136 cm³/mol. The van der Waals surface area contributed by atoms with E-state index in [2.05, 4.69) is 20.4 Å². The third-order valence-electron chi connectivity index (χ3n) is 5.73. The zero-order valence-corrected chi connectivity index (χ0v) is 20.0. The summed E-state index contributed by atoms with van der Waals surface area (Å²) in [5.74, 6) is 1.43. The molecular weight excluding hydrogens is 506 g/mol. The summed E-state index contributed by atoms with van der Waals surface area (Å²) in [4.78, 5) is 9.17. The minimum absolute atomic E-state index is 0.195. The van der Waals surface area contributed by atoms with Gasteiger partial charge in [-0.1, -0.05) is 41.4 Å². The molecule has 0 atom stereocenters. The van der Waals surface area contributed by atoms with Crippen LogP contribution in [0.15, 0.2) is 60.7 Å². The molecule has 3 heterocycles. The standard InChI is InChI=1S/C25H17Cl2FN6O2/c26-16-7-6-14(10-17(16)27)34-23(29)21-22(15-3-1-2-4-18(15)28)31-25(32-24(21)33-34)30-11-13-5-8-19-20(9-13)36-12-35-19/h1-10H,11-12,29H2,(H,30,32,33). The number of benzene rings is 3. The van der Waals surface area contributed by atoms with Crippen molar-refractivity contribution in [3.05, 3.63) is 82.1 Å². The van der Waals surface area contributed by atoms with Crippen LogP contribution in [-0.4, -0.2) is 26.5 Å². The summed E-state index contributed by atoms with van der Waals surface area (Å²) in [6.07, 6.45) is 0. The summed E-state index contributed by atoms with van der Waals surface area (Å²) in [5, 5.41) is 8.92. The van der Waals surface area contributed by atoms with Crippen LogP contribution in [0.1, 0.15) is 5.56 Å². The highest BCUT2D eigenvalue weighted by atomic mass is 35.5. The third kappa shape index (κ3) is 3.92. The molecular formula is C25H17Cl2FN6O2. The Kier molecular flexibility index (Phi) is 5.50. The van der Waals surface area contributed by atoms with Gasteiger partial charge >= 0.3 is 0 Å². The fourth-order valence-corrected chi connectivity index (χ4v) is 4.28. The van der Waals surface area contributed by atoms with Crippen LogP contribution in [0.3, 0.4) is 0 Å². The highest BCUT2D eigenvalue weighted by Crippen LogP contribution is 2.36. The molecule has 0 unspecified atom stereocenters. The molecule has 11 heteroatoms. The fourth-order valence-electron chi connectivity index (χ4n) is 3.98. The monoisotopic (exact) mass is 522 g/mol. The second kappa shape index (κ2) is 8.85. The third-order valence-corrected chi connectivity index (χ3v) is 6.47. The lowest BCUT2D eigenvalue weighted by molar-refractivity contribution is 0.174. The molecule has 1 aliphatic heterocycles. The first-order chi connectivity index (χ1) is 17.5. The van der Waals surface area contributed by atoms with E-state index in [0.717, 1.165) is 5.56 Å². The van der Waals surface area contributed by atoms with Gasteiger partial charge in [0.2, 0.25) is 12.7 Å². The molecule has 0 radical (unpaired) electrons. The number of ether oxygens (including phenoxy) is 2. The molecule has 0 aliphatic carbocycles. The van der Waals surface area contributed by atoms with Crippen molar-refractivity contribution in [1.82, 2.24) is 19.7 Å². The lowest BCUT2D eigenvalue weighted by atomic mass is 10.1. The fraction of sp³-hybridized carbons (Fsp3) is 0.0800. The molecule has 3 N–H and O–H groups in total. The van der Waals surface area contributed by atoms with Crippen molar-refractivity contribution in [2.75, 3.05) is 17.8 Å². The average Bonchev–Trinajstić information content (AvgIpc) is 3.48. The Hall–Kier alpha value is -4.08. The van der Waals surface area contributed by atoms with E-state index >= 15 is 0 Å². The molecule has 0 amide bonds. The largest absolute Gasteiger partial charge is 0.454 e. The summed E-state index contributed by atoms with van der Waals surface area (Å²) in [5.41, 5.74) is 8.88. The van der Waals surface area contributed by atoms with Crippen LogP contribution in [-0.2, 0) is 6.54 Å². The number of hydrogen-bond donors (Lipinski definition) is 2. The van der Waals surface area contributed by atoms with Crippen molar-refractivity contribution < 1.29 is 13.9 Å². The predicted octanol–water partition coefficient (Wildman–Crippen LogP) is 5.85. The van der Waals surface area contributed by atoms with E-state index in [1.54, 1.807) is 36.4 Å². The first-order valence-corrected chi connectivity index (χ1v) is 11.6. The van der Waals surface area contributed by atoms with Crippen molar-refractivity contribution in [3.63, 3.8) is 0 Å². The van der Waals surface area contributed by atoms with Gasteiger partial charge in [0.05, 0.1) is 26.8 Å². The highest BCUT2D eigenvalue weighted by Gasteiger charge is 2.21. The van der Waals surface area contributed by atoms with Gasteiger partial charge in [-0.25, -0.2) is 14.1 Å². The molecule has 36 heavy (non-hydrogen) atoms. The lowest BCUT2D eigenvalue weighted by Crippen LogP contribution is -2.05. The molecule has 3 aromatic carbocycles. The van der Waals surface area contributed by atoms with Crippen LogP contribution in [0.2, 0.25) is 10.0 Å². The van der Waals surface area contributed by atoms with Crippen molar-refractivity contribution in [3.8, 4) is 28.4 Å². The molecule has 0 fully saturated rings. The van der Waals surface area contributed by atoms with Gasteiger partial charge in [-0.15, -0.1) is 5.10 Å². The second-order valence-corrected chi connectivity index (χ2v) is 8.83. The van der Waals surface area contributed by atoms with Crippen LogP contribution >= 0.6 is 23.2 Å². The van der Waals surface area contributed by atoms with Crippen molar-refractivity contribution in [1.29, 1.82) is 0 Å². The first kappa shape index (κ1) is 22.4. The van der Waals surface area contributed by atoms with Gasteiger partial charge in [0.25, 0.3) is 0 Å². The number of halogens is 3. The Bertz CT molecular complexity index is 1640. The Labute approximate surface area is 214 Å². The van der Waals surface area contributed by atoms with Crippen LogP contribution in [0.25, 0.3) is 28.0 Å². The molecule has 1 aliphatic rings. The molecule has 0 spiro atoms. The number of aromatic nitrogens is 4. The van der Waals surface area contributed by atoms with E-state index < -0.39 is 5.82 Å². The molecule has 6 rings (SSSR count). The Morgan fingerprint density at radius 3 is 2.64 bits per heavy atom. The topological polar surface area (TPSA) is 100 Å². The summed E-state index contributed by atoms with van der Waals surface area (Å²) < 4.78 is 27.2. The van der Waals surface area contributed by atoms with Crippen LogP contribution in [0, 0.1) is 5.82 Å². The van der Waals surface area contributed by atoms with E-state index in [4.69, 9.17) is 38.4 Å². The maximum Gasteiger partial charge on any atom is 0.231 e. The summed E-state index contributed by atoms with van der Waals surface area (Å²) in [6.45, 7) is 0.586. The second-order valence-electron chi connectivity index (χ2n) is 8.01. The SMILES string of the molecule is Nc1c2c(-c3ccccc3F)nc(NCc3ccc4c(c3)OCO4)nc2nn1-c1ccc(Cl)c(Cl)c1. The summed E-state index contributed by atoms with van der Waals surface area (Å²) >= 11 is 12.3. The molecule has 180 valence electrons. The van der Waals surface area contributed by atoms with Crippen LogP contribution in [0.4, 0.5) is 16.2 Å². The maximum atomic E-state index is 14.9. The minimum atomic E-state index is -0.444. The number of nitrogen functional groups attached to an aromatic ring is 1. The average molecular weight is 523 g/mol. The Balaban J connectivity index is 1.45. The maximum absolute atomic E-state index is 14.9. The van der Waals surface area contributed by atoms with E-state index in [1.165, 1.54) is 10.7 Å². The van der Waals surface area contributed by atoms with Gasteiger partial charge in [0.15, 0.2) is 17.1 Å². The summed E-state index contributed by atoms with van der Waals surface area (Å²) in [7, 11) is 0. The number of fused-ring (bicyclic) bond motifs is 2. The Morgan fingerprint density at radius 2 is 1.81 bits per heavy atom. The van der Waals surface area contributed by atoms with E-state index in [9.17, 15) is 4.39 Å². The van der Waals surface area contributed by atoms with Gasteiger partial charge in [0, 0.05) is 12.1 Å². The minimum Gasteiger partial charge on any atom is -0.454 e. The van der Waals surface area contributed by atoms with Gasteiger partial charge in [-0.05, 0) is 48.0 Å². The van der Waals surface area contributed by atoms with Crippen molar-refractivity contribution >= 4 is 46.0 Å². The number of hydrogen-bond acceptors (Lipinski definition) is 7. The first-order valence-electron chi connectivity index (χ1n) is 10.9. The molecule has 5 aromatic rings. The zero-order chi connectivity index (χ0) is 24.8. The lowest BCUT2D eigenvalue weighted by Gasteiger charge is -2.10. The van der Waals surface area contributed by atoms with E-state index in [-0.39, 0.29) is 24.1 Å². The molecule has 0 saturated heterocycles. The van der Waals surface area contributed by atoms with Gasteiger partial charge < -0.3 is 20.5 Å². The van der Waals surface area contributed by atoms with Gasteiger partial charge in [-0.2, -0.15) is 4.98 Å². The molecule has 2 aromatic heterocycles. The smallest absolute Gasteiger partial charge is 0.231 e. The molecule has 0 saturated carbocycles. The van der Waals surface area contributed by atoms with E-state index in [1.807, 2.05) is 18.2 Å². The number of nitrogens with two attached hydrogens (primary N) is 1. The van der Waals surface area contributed by atoms with Gasteiger partial charge in [0.1, 0.15) is 11.6 Å². The zero-order valence-electron chi connectivity index (χ0n) is 18.5. The number of anilines is 2. The number of rotatable bonds is 5. The van der Waals surface area contributed by atoms with E-state index in [0.29, 0.717) is 50.5 Å². The quantitative estimate of drug-likeness (QED) is 0.298. The molecule has 8 nitrogen and oxygen atoms in total. The van der Waals surface area contributed by atoms with Crippen molar-refractivity contribution in [2.24, 2.45) is 0 Å². The molecule has 0 bridgehead atoms. The van der Waals surface area contributed by atoms with Crippen LogP contribution < -0.4 is 20.5 Å². The number of nitrogens with zero attached hydrogens (tertiary/aromatic N) is 4. The van der Waals surface area contributed by atoms with Crippen molar-refractivity contribution in [2.45, 2.75) is 6.54 Å². The Morgan fingerprint density at radius 1 is 0.972 bits per heavy atom. The normalized spacial score (nSPS) is 12.3. The van der Waals surface area contributed by atoms with Crippen LogP contribution in [0.5, 0.6) is 11.5 Å². The number of nitrogens with one attached hydrogen (secondary N) is 1. The van der Waals surface area contributed by atoms with Gasteiger partial charge in [-0.3, -0.25) is 0 Å². The highest BCUT2D eigenvalue weighted by molar-refractivity contribution is 6.42.